The third-order valence-corrected chi connectivity index (χ3v) is 20.9. The van der Waals surface area contributed by atoms with Gasteiger partial charge in [0.05, 0.1) is 5.75 Å². The summed E-state index contributed by atoms with van der Waals surface area (Å²) in [7, 11) is -3.72. The lowest BCUT2D eigenvalue weighted by Gasteiger charge is -2.26. The van der Waals surface area contributed by atoms with Crippen LogP contribution in [0.5, 0.6) is 0 Å². The van der Waals surface area contributed by atoms with E-state index >= 15 is 0 Å². The van der Waals surface area contributed by atoms with Gasteiger partial charge in [-0.15, -0.1) is 0 Å². The fourth-order valence-electron chi connectivity index (χ4n) is 7.89. The van der Waals surface area contributed by atoms with Gasteiger partial charge < -0.3 is 86.0 Å². The van der Waals surface area contributed by atoms with Gasteiger partial charge in [-0.05, 0) is 308 Å². The second-order valence-electron chi connectivity index (χ2n) is 42.2. The molecule has 0 aliphatic carbocycles. The summed E-state index contributed by atoms with van der Waals surface area (Å²) in [5, 5.41) is 0. The molecule has 0 saturated carbocycles. The van der Waals surface area contributed by atoms with E-state index in [-0.39, 0.29) is 22.7 Å². The Kier molecular flexibility index (Phi) is 134. The van der Waals surface area contributed by atoms with Gasteiger partial charge in [0.15, 0.2) is 0 Å². The zero-order valence-corrected chi connectivity index (χ0v) is 90.3. The van der Waals surface area contributed by atoms with Crippen molar-refractivity contribution in [1.82, 2.24) is 0 Å². The van der Waals surface area contributed by atoms with E-state index in [4.69, 9.17) is 90.6 Å². The lowest BCUT2D eigenvalue weighted by atomic mass is 9.81. The number of hydrogen-bond acceptors (Lipinski definition) is 17. The maximum absolute atomic E-state index is 10.00. The van der Waals surface area contributed by atoms with Crippen LogP contribution in [0, 0.1) is 130 Å². The van der Waals surface area contributed by atoms with E-state index in [1.54, 1.807) is 13.8 Å². The summed E-state index contributed by atoms with van der Waals surface area (Å²) in [4.78, 5) is 0. The van der Waals surface area contributed by atoms with Gasteiger partial charge in [0.2, 0.25) is 0 Å². The number of rotatable bonds is 36. The largest absolute Gasteiger partial charge is 0.330 e. The van der Waals surface area contributed by atoms with Crippen molar-refractivity contribution in [1.29, 1.82) is 0 Å². The van der Waals surface area contributed by atoms with Crippen LogP contribution in [0.1, 0.15) is 409 Å². The standard InChI is InChI=1S/8C7H17N.4C6H15N.2C5H13N.C4H11N.C4H10O3S/c1-6(2)7(3,4)5-8;1-6(2)5-7(3,4)8;1-6(2)4-7(3)5-8;1-6(2)7(3)4-5-8;1-6(2)4-5-7(3)8;1-5(2)6(3)7(4)8;1-7(2)5-3-4-6-8;1-4-7(5-8)6(2)3;1-5(2)6(3,4)7;1-5(2)6(3)4-7;1-5(2)4-6(3)7;1-6(2)4-3-5-7;1-5(2)3-4-6;1-4(2)5(3)6;1-4(2)3-5;1-4(2)3-8(5,6)7/h2*6H,5,8H2,1-4H3;3*6-7H,4-5,8H2,1-3H3;5-7H,8H2,1-4H3;7H,3-6,8H2,1-2H3;6-7H,4-5,8H2,1-3H3;5H,7H2,1-4H3;2*5-6H,4,7H2,1-3H3;6H,3-5,7H2,1-2H3;5H,3-4,6H2,1-2H3;4-5H,6H2,1-3H3;4H,3,5H2,1-2H3;4H,3H2,1-2H3,(H,5,6,7). The molecule has 0 rings (SSSR count). The predicted molar refractivity (Wildman–Crippen MR) is 546 cm³/mol. The fourth-order valence-corrected chi connectivity index (χ4v) is 8.73. The SMILES string of the molecule is CC(C)C(C)(C)CN.CC(C)C(C)(C)N.CC(C)C(C)C(C)N.CC(C)C(C)CCN.CC(C)C(C)CN.CC(C)C(C)N.CC(C)CC(C)(C)N.CC(C)CC(C)CN.CC(C)CC(C)N.CC(C)CCC(C)N.CC(C)CCCCN.CC(C)CCCN.CC(C)CCN.CC(C)CN.CC(C)CS(=O)(=O)O.CCC(CN)C(C)C. The summed E-state index contributed by atoms with van der Waals surface area (Å²) in [6, 6.07) is 1.46. The van der Waals surface area contributed by atoms with Gasteiger partial charge in [-0.2, -0.15) is 8.42 Å². The topological polar surface area (TPSA) is 445 Å². The average Bonchev–Trinajstić information content (AvgIpc) is 0.978. The fraction of sp³-hybridized carbons (Fsp3) is 1.00. The number of unbranched alkanes of at least 4 members (excludes halogenated alkanes) is 1. The minimum Gasteiger partial charge on any atom is -0.330 e. The Bertz CT molecular complexity index is 1810. The first-order valence-corrected chi connectivity index (χ1v) is 49.0. The smallest absolute Gasteiger partial charge is 0.265 e. The van der Waals surface area contributed by atoms with Crippen molar-refractivity contribution in [3.8, 4) is 0 Å². The molecular formula is C98H243N15O3S. The van der Waals surface area contributed by atoms with E-state index in [9.17, 15) is 8.42 Å². The maximum atomic E-state index is 10.00. The van der Waals surface area contributed by atoms with Crippen molar-refractivity contribution < 1.29 is 13.0 Å². The predicted octanol–water partition coefficient (Wildman–Crippen LogP) is 21.9. The van der Waals surface area contributed by atoms with Crippen LogP contribution in [0.4, 0.5) is 0 Å². The van der Waals surface area contributed by atoms with Crippen molar-refractivity contribution in [3.05, 3.63) is 0 Å². The number of hydrogen-bond donors (Lipinski definition) is 16. The van der Waals surface area contributed by atoms with Crippen LogP contribution in [-0.4, -0.2) is 113 Å². The second-order valence-corrected chi connectivity index (χ2v) is 43.6. The maximum Gasteiger partial charge on any atom is 0.265 e. The van der Waals surface area contributed by atoms with E-state index in [0.717, 1.165) is 168 Å². The molecule has 117 heavy (non-hydrogen) atoms. The molecule has 0 fully saturated rings. The Morgan fingerprint density at radius 3 is 0.735 bits per heavy atom. The van der Waals surface area contributed by atoms with Crippen molar-refractivity contribution >= 4 is 10.1 Å². The second kappa shape index (κ2) is 102. The highest BCUT2D eigenvalue weighted by Gasteiger charge is 2.19. The molecule has 0 aliphatic rings. The van der Waals surface area contributed by atoms with Gasteiger partial charge in [0.1, 0.15) is 0 Å². The molecule has 0 bridgehead atoms. The van der Waals surface area contributed by atoms with E-state index < -0.39 is 10.1 Å². The Morgan fingerprint density at radius 1 is 0.325 bits per heavy atom. The Balaban J connectivity index is -0.0000000665. The van der Waals surface area contributed by atoms with Gasteiger partial charge in [-0.3, -0.25) is 4.55 Å². The Labute approximate surface area is 743 Å². The molecule has 0 aromatic rings. The first kappa shape index (κ1) is 154. The Morgan fingerprint density at radius 2 is 0.675 bits per heavy atom. The molecule has 0 aromatic carbocycles. The van der Waals surface area contributed by atoms with E-state index in [1.165, 1.54) is 51.4 Å². The highest BCUT2D eigenvalue weighted by molar-refractivity contribution is 7.85. The quantitative estimate of drug-likeness (QED) is 0.0205. The summed E-state index contributed by atoms with van der Waals surface area (Å²) < 4.78 is 28.2. The Hall–Kier alpha value is -0.690. The molecule has 9 atom stereocenters. The highest BCUT2D eigenvalue weighted by atomic mass is 32.2. The van der Waals surface area contributed by atoms with Crippen LogP contribution in [0.25, 0.3) is 0 Å². The molecule has 18 nitrogen and oxygen atoms in total. The van der Waals surface area contributed by atoms with Crippen LogP contribution in [0.3, 0.4) is 0 Å². The van der Waals surface area contributed by atoms with E-state index in [2.05, 4.69) is 284 Å². The summed E-state index contributed by atoms with van der Waals surface area (Å²) in [6.07, 6.45) is 15.7. The van der Waals surface area contributed by atoms with Gasteiger partial charge in [0, 0.05) is 35.2 Å². The molecule has 0 aromatic heterocycles. The first-order valence-electron chi connectivity index (χ1n) is 47.4. The lowest BCUT2D eigenvalue weighted by Crippen LogP contribution is -2.37. The van der Waals surface area contributed by atoms with Crippen LogP contribution in [-0.2, 0) is 10.1 Å². The third kappa shape index (κ3) is 199. The summed E-state index contributed by atoms with van der Waals surface area (Å²) in [6.45, 7) is 108. The third-order valence-electron chi connectivity index (χ3n) is 19.8. The van der Waals surface area contributed by atoms with Crippen LogP contribution < -0.4 is 86.0 Å². The molecule has 19 heteroatoms. The molecule has 31 N–H and O–H groups in total. The zero-order chi connectivity index (χ0) is 97.7. The van der Waals surface area contributed by atoms with E-state index in [0.29, 0.717) is 71.0 Å². The molecule has 0 spiro atoms. The van der Waals surface area contributed by atoms with Gasteiger partial charge in [0.25, 0.3) is 10.1 Å². The normalized spacial score (nSPS) is 13.5. The van der Waals surface area contributed by atoms with Gasteiger partial charge in [-0.25, -0.2) is 0 Å². The van der Waals surface area contributed by atoms with E-state index in [1.807, 2.05) is 27.7 Å². The molecule has 0 heterocycles. The molecule has 0 amide bonds. The molecule has 9 unspecified atom stereocenters. The average molecular weight is 1710 g/mol. The summed E-state index contributed by atoms with van der Waals surface area (Å²) in [5.74, 6) is 14.5. The monoisotopic (exact) mass is 1710 g/mol. The zero-order valence-electron chi connectivity index (χ0n) is 89.5. The van der Waals surface area contributed by atoms with Gasteiger partial charge in [-0.1, -0.05) is 289 Å². The summed E-state index contributed by atoms with van der Waals surface area (Å²) >= 11 is 0. The molecule has 0 saturated heterocycles. The molecule has 734 valence electrons. The summed E-state index contributed by atoms with van der Waals surface area (Å²) in [5.41, 5.74) is 82.0. The van der Waals surface area contributed by atoms with Crippen molar-refractivity contribution in [2.45, 2.75) is 444 Å². The highest BCUT2D eigenvalue weighted by Crippen LogP contribution is 2.23. The van der Waals surface area contributed by atoms with Gasteiger partial charge >= 0.3 is 0 Å². The van der Waals surface area contributed by atoms with Crippen molar-refractivity contribution in [2.24, 2.45) is 216 Å². The van der Waals surface area contributed by atoms with Crippen molar-refractivity contribution in [2.75, 3.05) is 64.7 Å². The lowest BCUT2D eigenvalue weighted by molar-refractivity contribution is 0.261. The minimum atomic E-state index is -3.72. The van der Waals surface area contributed by atoms with Crippen LogP contribution in [0.2, 0.25) is 0 Å². The first-order chi connectivity index (χ1) is 52.6. The van der Waals surface area contributed by atoms with Crippen LogP contribution >= 0.6 is 0 Å². The molecule has 0 aliphatic heterocycles. The minimum absolute atomic E-state index is 0. The molecular weight excluding hydrogens is 1470 g/mol. The number of nitrogens with two attached hydrogens (primary N) is 15. The van der Waals surface area contributed by atoms with Crippen LogP contribution in [0.15, 0.2) is 0 Å². The molecule has 0 radical (unpaired) electrons. The van der Waals surface area contributed by atoms with Crippen molar-refractivity contribution in [3.63, 3.8) is 0 Å².